The maximum Gasteiger partial charge on any atom is 0.330 e. The second kappa shape index (κ2) is 16.6. The SMILES string of the molecule is CCOC(=O)C=CCC[C@H](NC(=O)CCC(=O)O)C(=O)Nc1cccn(CC(=O)NCCc2cccs2)c1=O. The predicted octanol–water partition coefficient (Wildman–Crippen LogP) is 1.46. The van der Waals surface area contributed by atoms with Gasteiger partial charge >= 0.3 is 11.9 Å². The lowest BCUT2D eigenvalue weighted by molar-refractivity contribution is -0.139. The lowest BCUT2D eigenvalue weighted by Gasteiger charge is -2.18. The number of carbonyl (C=O) groups is 5. The van der Waals surface area contributed by atoms with Crippen molar-refractivity contribution >= 4 is 46.7 Å². The van der Waals surface area contributed by atoms with Crippen molar-refractivity contribution in [2.75, 3.05) is 18.5 Å². The van der Waals surface area contributed by atoms with Crippen molar-refractivity contribution in [3.05, 3.63) is 63.2 Å². The number of aliphatic carboxylic acids is 1. The average Bonchev–Trinajstić information content (AvgIpc) is 3.40. The summed E-state index contributed by atoms with van der Waals surface area (Å²) in [7, 11) is 0. The van der Waals surface area contributed by atoms with Gasteiger partial charge in [0.05, 0.1) is 13.0 Å². The maximum atomic E-state index is 13.0. The number of pyridine rings is 1. The topological polar surface area (TPSA) is 173 Å². The molecule has 0 aromatic carbocycles. The molecule has 2 rings (SSSR count). The lowest BCUT2D eigenvalue weighted by atomic mass is 10.1. The van der Waals surface area contributed by atoms with Crippen molar-refractivity contribution in [1.82, 2.24) is 15.2 Å². The third-order valence-corrected chi connectivity index (χ3v) is 6.18. The number of nitrogens with zero attached hydrogens (tertiary/aromatic N) is 1. The quantitative estimate of drug-likeness (QED) is 0.176. The Bertz CT molecular complexity index is 1220. The first-order chi connectivity index (χ1) is 18.7. The molecule has 3 amide bonds. The highest BCUT2D eigenvalue weighted by molar-refractivity contribution is 7.09. The van der Waals surface area contributed by atoms with Crippen molar-refractivity contribution < 1.29 is 33.8 Å². The molecule has 4 N–H and O–H groups in total. The standard InChI is InChI=1S/C26H32N4O8S/c1-2-38-24(35)10-4-3-8-19(28-21(31)11-12-23(33)34)25(36)29-20-9-5-15-30(26(20)37)17-22(32)27-14-13-18-7-6-16-39-18/h4-7,9-10,15-16,19H,2-3,8,11-14,17H2,1H3,(H,27,32)(H,28,31)(H,29,36)(H,33,34)/t19-/m0/s1. The fourth-order valence-corrected chi connectivity index (χ4v) is 4.06. The largest absolute Gasteiger partial charge is 0.481 e. The molecule has 0 spiro atoms. The van der Waals surface area contributed by atoms with Gasteiger partial charge in [-0.15, -0.1) is 11.3 Å². The molecule has 0 aliphatic heterocycles. The summed E-state index contributed by atoms with van der Waals surface area (Å²) in [6.07, 6.45) is 4.29. The Morgan fingerprint density at radius 3 is 2.62 bits per heavy atom. The molecule has 0 fully saturated rings. The molecule has 0 aliphatic rings. The number of thiophene rings is 1. The number of allylic oxidation sites excluding steroid dienone is 1. The number of amides is 3. The van der Waals surface area contributed by atoms with E-state index < -0.39 is 41.8 Å². The van der Waals surface area contributed by atoms with Gasteiger partial charge in [0, 0.05) is 30.1 Å². The second-order valence-corrected chi connectivity index (χ2v) is 9.30. The van der Waals surface area contributed by atoms with E-state index in [1.165, 1.54) is 30.5 Å². The third kappa shape index (κ3) is 11.8. The van der Waals surface area contributed by atoms with Crippen molar-refractivity contribution in [3.8, 4) is 0 Å². The zero-order chi connectivity index (χ0) is 28.6. The van der Waals surface area contributed by atoms with Gasteiger partial charge in [-0.3, -0.25) is 24.0 Å². The van der Waals surface area contributed by atoms with E-state index in [1.807, 2.05) is 17.5 Å². The maximum absolute atomic E-state index is 13.0. The van der Waals surface area contributed by atoms with Crippen LogP contribution in [0.1, 0.15) is 37.5 Å². The van der Waals surface area contributed by atoms with Crippen LogP contribution in [0.25, 0.3) is 0 Å². The molecule has 2 aromatic heterocycles. The molecule has 0 bridgehead atoms. The van der Waals surface area contributed by atoms with Crippen LogP contribution >= 0.6 is 11.3 Å². The fraction of sp³-hybridized carbons (Fsp3) is 0.385. The molecule has 0 unspecified atom stereocenters. The van der Waals surface area contributed by atoms with Gasteiger partial charge in [-0.2, -0.15) is 0 Å². The predicted molar refractivity (Wildman–Crippen MR) is 144 cm³/mol. The number of carboxylic acids is 1. The van der Waals surface area contributed by atoms with Crippen LogP contribution in [0.3, 0.4) is 0 Å². The molecule has 0 radical (unpaired) electrons. The van der Waals surface area contributed by atoms with Crippen LogP contribution in [0.4, 0.5) is 5.69 Å². The van der Waals surface area contributed by atoms with Crippen LogP contribution in [0.15, 0.2) is 52.8 Å². The van der Waals surface area contributed by atoms with Gasteiger partial charge in [-0.1, -0.05) is 12.1 Å². The molecule has 12 nitrogen and oxygen atoms in total. The number of ether oxygens (including phenoxy) is 1. The van der Waals surface area contributed by atoms with Crippen LogP contribution in [0.2, 0.25) is 0 Å². The zero-order valence-corrected chi connectivity index (χ0v) is 22.3. The molecule has 0 saturated heterocycles. The number of hydrogen-bond donors (Lipinski definition) is 4. The first kappa shape index (κ1) is 31.0. The Morgan fingerprint density at radius 2 is 1.92 bits per heavy atom. The summed E-state index contributed by atoms with van der Waals surface area (Å²) in [5, 5.41) is 18.4. The van der Waals surface area contributed by atoms with Crippen molar-refractivity contribution in [2.24, 2.45) is 0 Å². The molecule has 39 heavy (non-hydrogen) atoms. The summed E-state index contributed by atoms with van der Waals surface area (Å²) in [4.78, 5) is 73.7. The molecule has 0 saturated carbocycles. The van der Waals surface area contributed by atoms with E-state index >= 15 is 0 Å². The van der Waals surface area contributed by atoms with E-state index in [0.29, 0.717) is 13.0 Å². The highest BCUT2D eigenvalue weighted by Crippen LogP contribution is 2.08. The summed E-state index contributed by atoms with van der Waals surface area (Å²) >= 11 is 1.58. The molecule has 210 valence electrons. The molecule has 0 aliphatic carbocycles. The summed E-state index contributed by atoms with van der Waals surface area (Å²) in [5.74, 6) is -3.45. The fourth-order valence-electron chi connectivity index (χ4n) is 3.36. The Hall–Kier alpha value is -4.26. The zero-order valence-electron chi connectivity index (χ0n) is 21.5. The van der Waals surface area contributed by atoms with Gasteiger partial charge in [0.1, 0.15) is 18.3 Å². The van der Waals surface area contributed by atoms with Gasteiger partial charge in [0.2, 0.25) is 17.7 Å². The molecule has 2 aromatic rings. The number of rotatable bonds is 16. The highest BCUT2D eigenvalue weighted by Gasteiger charge is 2.22. The van der Waals surface area contributed by atoms with Crippen LogP contribution in [0, 0.1) is 0 Å². The average molecular weight is 561 g/mol. The number of esters is 1. The smallest absolute Gasteiger partial charge is 0.330 e. The van der Waals surface area contributed by atoms with Crippen LogP contribution in [-0.2, 0) is 41.7 Å². The molecular weight excluding hydrogens is 528 g/mol. The van der Waals surface area contributed by atoms with Gasteiger partial charge in [0.15, 0.2) is 0 Å². The van der Waals surface area contributed by atoms with E-state index in [4.69, 9.17) is 9.84 Å². The van der Waals surface area contributed by atoms with E-state index in [-0.39, 0.29) is 44.0 Å². The number of aromatic nitrogens is 1. The van der Waals surface area contributed by atoms with E-state index in [9.17, 15) is 28.8 Å². The number of carbonyl (C=O) groups excluding carboxylic acids is 4. The molecule has 1 atom stereocenters. The van der Waals surface area contributed by atoms with E-state index in [1.54, 1.807) is 18.3 Å². The van der Waals surface area contributed by atoms with Crippen LogP contribution in [0.5, 0.6) is 0 Å². The number of nitrogens with one attached hydrogen (secondary N) is 3. The summed E-state index contributed by atoms with van der Waals surface area (Å²) in [5.41, 5.74) is -0.710. The number of hydrogen-bond acceptors (Lipinski definition) is 8. The molecule has 2 heterocycles. The van der Waals surface area contributed by atoms with E-state index in [2.05, 4.69) is 16.0 Å². The minimum atomic E-state index is -1.16. The third-order valence-electron chi connectivity index (χ3n) is 5.25. The number of carboxylic acid groups (broad SMARTS) is 1. The monoisotopic (exact) mass is 560 g/mol. The summed E-state index contributed by atoms with van der Waals surface area (Å²) < 4.78 is 5.94. The van der Waals surface area contributed by atoms with E-state index in [0.717, 1.165) is 9.44 Å². The minimum Gasteiger partial charge on any atom is -0.481 e. The second-order valence-electron chi connectivity index (χ2n) is 8.27. The molecular formula is C26H32N4O8S. The van der Waals surface area contributed by atoms with Gasteiger partial charge in [-0.05, 0) is 49.8 Å². The lowest BCUT2D eigenvalue weighted by Crippen LogP contribution is -2.44. The Labute approximate surface area is 229 Å². The van der Waals surface area contributed by atoms with Crippen LogP contribution < -0.4 is 21.5 Å². The van der Waals surface area contributed by atoms with Gasteiger partial charge < -0.3 is 30.4 Å². The summed E-state index contributed by atoms with van der Waals surface area (Å²) in [6.45, 7) is 2.04. The van der Waals surface area contributed by atoms with Crippen molar-refractivity contribution in [3.63, 3.8) is 0 Å². The molecule has 13 heteroatoms. The van der Waals surface area contributed by atoms with Gasteiger partial charge in [-0.25, -0.2) is 4.79 Å². The van der Waals surface area contributed by atoms with Crippen LogP contribution in [-0.4, -0.2) is 58.5 Å². The first-order valence-corrected chi connectivity index (χ1v) is 13.2. The Kier molecular flexibility index (Phi) is 13.1. The number of anilines is 1. The van der Waals surface area contributed by atoms with Gasteiger partial charge in [0.25, 0.3) is 5.56 Å². The normalized spacial score (nSPS) is 11.5. The minimum absolute atomic E-state index is 0.0637. The van der Waals surface area contributed by atoms with Crippen molar-refractivity contribution in [2.45, 2.75) is 51.6 Å². The summed E-state index contributed by atoms with van der Waals surface area (Å²) in [6, 6.07) is 5.64. The van der Waals surface area contributed by atoms with Crippen molar-refractivity contribution in [1.29, 1.82) is 0 Å². The highest BCUT2D eigenvalue weighted by atomic mass is 32.1. The Morgan fingerprint density at radius 1 is 1.13 bits per heavy atom. The first-order valence-electron chi connectivity index (χ1n) is 12.3. The Balaban J connectivity index is 2.03.